The van der Waals surface area contributed by atoms with Crippen molar-refractivity contribution < 1.29 is 0 Å². The molecule has 0 aromatic heterocycles. The third-order valence-corrected chi connectivity index (χ3v) is 3.70. The lowest BCUT2D eigenvalue weighted by Gasteiger charge is -2.34. The quantitative estimate of drug-likeness (QED) is 0.711. The van der Waals surface area contributed by atoms with Gasteiger partial charge < -0.3 is 5.73 Å². The molecule has 1 unspecified atom stereocenters. The van der Waals surface area contributed by atoms with Crippen molar-refractivity contribution >= 4 is 0 Å². The minimum Gasteiger partial charge on any atom is -0.330 e. The Labute approximate surface area is 83.1 Å². The Morgan fingerprint density at radius 3 is 2.38 bits per heavy atom. The monoisotopic (exact) mass is 183 g/mol. The third kappa shape index (κ3) is 3.68. The van der Waals surface area contributed by atoms with E-state index in [1.54, 1.807) is 0 Å². The van der Waals surface area contributed by atoms with Crippen molar-refractivity contribution in [3.05, 3.63) is 0 Å². The van der Waals surface area contributed by atoms with E-state index in [0.717, 1.165) is 12.5 Å². The first-order valence-electron chi connectivity index (χ1n) is 5.86. The number of nitrogens with two attached hydrogens (primary N) is 1. The SMILES string of the molecule is CC(CN)CCC1(C)CCCCC1. The molecule has 1 fully saturated rings. The molecule has 0 saturated heterocycles. The van der Waals surface area contributed by atoms with Gasteiger partial charge in [0.05, 0.1) is 0 Å². The summed E-state index contributed by atoms with van der Waals surface area (Å²) in [4.78, 5) is 0. The topological polar surface area (TPSA) is 26.0 Å². The molecule has 0 radical (unpaired) electrons. The van der Waals surface area contributed by atoms with Gasteiger partial charge >= 0.3 is 0 Å². The highest BCUT2D eigenvalue weighted by Gasteiger charge is 2.26. The van der Waals surface area contributed by atoms with Crippen molar-refractivity contribution in [1.29, 1.82) is 0 Å². The van der Waals surface area contributed by atoms with E-state index in [-0.39, 0.29) is 0 Å². The van der Waals surface area contributed by atoms with Gasteiger partial charge in [-0.25, -0.2) is 0 Å². The average molecular weight is 183 g/mol. The Bertz CT molecular complexity index is 136. The maximum atomic E-state index is 5.63. The summed E-state index contributed by atoms with van der Waals surface area (Å²) in [6, 6.07) is 0. The van der Waals surface area contributed by atoms with Gasteiger partial charge in [-0.2, -0.15) is 0 Å². The highest BCUT2D eigenvalue weighted by atomic mass is 14.5. The fourth-order valence-electron chi connectivity index (χ4n) is 2.37. The van der Waals surface area contributed by atoms with Crippen LogP contribution in [0.4, 0.5) is 0 Å². The van der Waals surface area contributed by atoms with Gasteiger partial charge in [0.25, 0.3) is 0 Å². The van der Waals surface area contributed by atoms with Gasteiger partial charge in [-0.1, -0.05) is 33.1 Å². The second kappa shape index (κ2) is 4.99. The van der Waals surface area contributed by atoms with Gasteiger partial charge in [-0.05, 0) is 43.6 Å². The Kier molecular flexibility index (Phi) is 4.24. The van der Waals surface area contributed by atoms with Crippen LogP contribution in [0.5, 0.6) is 0 Å². The molecule has 1 saturated carbocycles. The predicted molar refractivity (Wildman–Crippen MR) is 58.6 cm³/mol. The second-order valence-electron chi connectivity index (χ2n) is 5.25. The largest absolute Gasteiger partial charge is 0.330 e. The van der Waals surface area contributed by atoms with E-state index in [2.05, 4.69) is 13.8 Å². The van der Waals surface area contributed by atoms with Gasteiger partial charge in [-0.15, -0.1) is 0 Å². The average Bonchev–Trinajstić information content (AvgIpc) is 2.15. The molecule has 0 spiro atoms. The molecule has 1 rings (SSSR count). The van der Waals surface area contributed by atoms with Crippen molar-refractivity contribution in [1.82, 2.24) is 0 Å². The van der Waals surface area contributed by atoms with Crippen molar-refractivity contribution in [2.75, 3.05) is 6.54 Å². The molecule has 0 aromatic carbocycles. The molecular weight excluding hydrogens is 158 g/mol. The fourth-order valence-corrected chi connectivity index (χ4v) is 2.37. The van der Waals surface area contributed by atoms with Gasteiger partial charge in [-0.3, -0.25) is 0 Å². The summed E-state index contributed by atoms with van der Waals surface area (Å²) in [7, 11) is 0. The summed E-state index contributed by atoms with van der Waals surface area (Å²) in [6.45, 7) is 5.59. The smallest absolute Gasteiger partial charge is 0.00515 e. The zero-order valence-electron chi connectivity index (χ0n) is 9.31. The molecule has 0 heterocycles. The van der Waals surface area contributed by atoms with Crippen LogP contribution in [0, 0.1) is 11.3 Å². The van der Waals surface area contributed by atoms with Crippen LogP contribution in [-0.4, -0.2) is 6.54 Å². The molecule has 0 amide bonds. The van der Waals surface area contributed by atoms with Gasteiger partial charge in [0.15, 0.2) is 0 Å². The summed E-state index contributed by atoms with van der Waals surface area (Å²) in [6.07, 6.45) is 9.98. The third-order valence-electron chi connectivity index (χ3n) is 3.70. The van der Waals surface area contributed by atoms with Crippen LogP contribution in [0.2, 0.25) is 0 Å². The molecule has 78 valence electrons. The molecule has 0 bridgehead atoms. The maximum Gasteiger partial charge on any atom is -0.00515 e. The van der Waals surface area contributed by atoms with Gasteiger partial charge in [0.2, 0.25) is 0 Å². The van der Waals surface area contributed by atoms with E-state index in [1.165, 1.54) is 44.9 Å². The first-order valence-corrected chi connectivity index (χ1v) is 5.86. The van der Waals surface area contributed by atoms with E-state index in [0.29, 0.717) is 5.41 Å². The Morgan fingerprint density at radius 1 is 1.23 bits per heavy atom. The summed E-state index contributed by atoms with van der Waals surface area (Å²) in [5, 5.41) is 0. The van der Waals surface area contributed by atoms with Crippen LogP contribution in [-0.2, 0) is 0 Å². The first-order chi connectivity index (χ1) is 6.16. The van der Waals surface area contributed by atoms with Crippen LogP contribution < -0.4 is 5.73 Å². The first kappa shape index (κ1) is 11.0. The zero-order valence-corrected chi connectivity index (χ0v) is 9.31. The van der Waals surface area contributed by atoms with Crippen molar-refractivity contribution in [3.8, 4) is 0 Å². The van der Waals surface area contributed by atoms with E-state index in [4.69, 9.17) is 5.73 Å². The summed E-state index contributed by atoms with van der Waals surface area (Å²) in [5.74, 6) is 0.721. The zero-order chi connectivity index (χ0) is 9.73. The van der Waals surface area contributed by atoms with E-state index in [9.17, 15) is 0 Å². The van der Waals surface area contributed by atoms with Crippen LogP contribution in [0.15, 0.2) is 0 Å². The number of rotatable bonds is 4. The van der Waals surface area contributed by atoms with E-state index in [1.807, 2.05) is 0 Å². The van der Waals surface area contributed by atoms with Crippen LogP contribution in [0.25, 0.3) is 0 Å². The molecule has 1 nitrogen and oxygen atoms in total. The fraction of sp³-hybridized carbons (Fsp3) is 1.00. The normalized spacial score (nSPS) is 24.2. The standard InChI is InChI=1S/C12H25N/c1-11(10-13)6-9-12(2)7-4-3-5-8-12/h11H,3-10,13H2,1-2H3. The number of hydrogen-bond acceptors (Lipinski definition) is 1. The highest BCUT2D eigenvalue weighted by Crippen LogP contribution is 2.40. The minimum absolute atomic E-state index is 0.654. The molecule has 0 aliphatic heterocycles. The van der Waals surface area contributed by atoms with E-state index >= 15 is 0 Å². The lowest BCUT2D eigenvalue weighted by atomic mass is 9.72. The molecule has 0 aromatic rings. The van der Waals surface area contributed by atoms with Gasteiger partial charge in [0.1, 0.15) is 0 Å². The molecule has 1 atom stereocenters. The molecule has 2 N–H and O–H groups in total. The maximum absolute atomic E-state index is 5.63. The number of hydrogen-bond donors (Lipinski definition) is 1. The van der Waals surface area contributed by atoms with Crippen molar-refractivity contribution in [3.63, 3.8) is 0 Å². The minimum atomic E-state index is 0.654. The predicted octanol–water partition coefficient (Wildman–Crippen LogP) is 3.33. The summed E-state index contributed by atoms with van der Waals surface area (Å²) < 4.78 is 0. The Morgan fingerprint density at radius 2 is 1.85 bits per heavy atom. The van der Waals surface area contributed by atoms with Crippen LogP contribution in [0.1, 0.15) is 58.8 Å². The van der Waals surface area contributed by atoms with Crippen LogP contribution >= 0.6 is 0 Å². The lowest BCUT2D eigenvalue weighted by Crippen LogP contribution is -2.22. The van der Waals surface area contributed by atoms with Crippen molar-refractivity contribution in [2.45, 2.75) is 58.8 Å². The van der Waals surface area contributed by atoms with Crippen molar-refractivity contribution in [2.24, 2.45) is 17.1 Å². The molecule has 1 aliphatic rings. The molecule has 1 heteroatoms. The van der Waals surface area contributed by atoms with Gasteiger partial charge in [0, 0.05) is 0 Å². The lowest BCUT2D eigenvalue weighted by molar-refractivity contribution is 0.185. The highest BCUT2D eigenvalue weighted by molar-refractivity contribution is 4.78. The Balaban J connectivity index is 2.24. The molecule has 13 heavy (non-hydrogen) atoms. The molecular formula is C12H25N. The summed E-state index contributed by atoms with van der Waals surface area (Å²) in [5.41, 5.74) is 6.29. The Hall–Kier alpha value is -0.0400. The van der Waals surface area contributed by atoms with E-state index < -0.39 is 0 Å². The summed E-state index contributed by atoms with van der Waals surface area (Å²) >= 11 is 0. The van der Waals surface area contributed by atoms with Crippen LogP contribution in [0.3, 0.4) is 0 Å². The second-order valence-corrected chi connectivity index (χ2v) is 5.25. The molecule has 1 aliphatic carbocycles.